The molecule has 0 atom stereocenters. The van der Waals surface area contributed by atoms with Crippen molar-refractivity contribution in [1.29, 1.82) is 0 Å². The van der Waals surface area contributed by atoms with Gasteiger partial charge >= 0.3 is 5.97 Å². The van der Waals surface area contributed by atoms with Gasteiger partial charge in [0.25, 0.3) is 0 Å². The normalized spacial score (nSPS) is 10.9. The second-order valence-corrected chi connectivity index (χ2v) is 5.23. The summed E-state index contributed by atoms with van der Waals surface area (Å²) in [6.07, 6.45) is 2.39. The van der Waals surface area contributed by atoms with E-state index in [1.807, 2.05) is 13.0 Å². The molecule has 18 heavy (non-hydrogen) atoms. The largest absolute Gasteiger partial charge is 0.478 e. The number of rotatable bonds is 7. The molecule has 3 nitrogen and oxygen atoms in total. The SMILES string of the molecule is Cc1cc(CNCCCC(C)C)cc(C(=O)O)c1. The summed E-state index contributed by atoms with van der Waals surface area (Å²) in [5.74, 6) is -0.121. The predicted octanol–water partition coefficient (Wildman–Crippen LogP) is 3.22. The summed E-state index contributed by atoms with van der Waals surface area (Å²) in [5, 5.41) is 12.3. The van der Waals surface area contributed by atoms with E-state index in [0.29, 0.717) is 5.56 Å². The highest BCUT2D eigenvalue weighted by Gasteiger charge is 2.05. The van der Waals surface area contributed by atoms with E-state index in [0.717, 1.165) is 36.6 Å². The number of benzene rings is 1. The van der Waals surface area contributed by atoms with Crippen LogP contribution in [0.25, 0.3) is 0 Å². The summed E-state index contributed by atoms with van der Waals surface area (Å²) in [4.78, 5) is 10.9. The maximum Gasteiger partial charge on any atom is 0.335 e. The molecule has 1 rings (SSSR count). The molecule has 0 radical (unpaired) electrons. The second kappa shape index (κ2) is 7.17. The number of carboxylic acids is 1. The van der Waals surface area contributed by atoms with Crippen molar-refractivity contribution in [3.63, 3.8) is 0 Å². The van der Waals surface area contributed by atoms with Crippen molar-refractivity contribution in [3.05, 3.63) is 34.9 Å². The molecule has 0 amide bonds. The summed E-state index contributed by atoms with van der Waals surface area (Å²) < 4.78 is 0. The third-order valence-electron chi connectivity index (χ3n) is 2.85. The lowest BCUT2D eigenvalue weighted by Crippen LogP contribution is -2.15. The van der Waals surface area contributed by atoms with Crippen molar-refractivity contribution in [2.24, 2.45) is 5.92 Å². The molecule has 3 heteroatoms. The molecule has 0 spiro atoms. The minimum atomic E-state index is -0.861. The van der Waals surface area contributed by atoms with Crippen LogP contribution in [0.15, 0.2) is 18.2 Å². The van der Waals surface area contributed by atoms with Gasteiger partial charge in [0.15, 0.2) is 0 Å². The molecule has 1 aromatic carbocycles. The van der Waals surface area contributed by atoms with Gasteiger partial charge in [-0.15, -0.1) is 0 Å². The molecule has 100 valence electrons. The Hall–Kier alpha value is -1.35. The molecule has 0 heterocycles. The van der Waals surface area contributed by atoms with Crippen molar-refractivity contribution in [2.75, 3.05) is 6.54 Å². The molecule has 0 fully saturated rings. The lowest BCUT2D eigenvalue weighted by Gasteiger charge is -2.08. The van der Waals surface area contributed by atoms with Crippen molar-refractivity contribution in [2.45, 2.75) is 40.2 Å². The summed E-state index contributed by atoms with van der Waals surface area (Å²) in [7, 11) is 0. The fraction of sp³-hybridized carbons (Fsp3) is 0.533. The number of aromatic carboxylic acids is 1. The van der Waals surface area contributed by atoms with Crippen LogP contribution in [0.1, 0.15) is 48.2 Å². The summed E-state index contributed by atoms with van der Waals surface area (Å²) in [6.45, 7) is 8.09. The Bertz CT molecular complexity index is 399. The van der Waals surface area contributed by atoms with Gasteiger partial charge in [0.2, 0.25) is 0 Å². The smallest absolute Gasteiger partial charge is 0.335 e. The molecule has 1 aromatic rings. The summed E-state index contributed by atoms with van der Waals surface area (Å²) in [6, 6.07) is 5.47. The zero-order chi connectivity index (χ0) is 13.5. The lowest BCUT2D eigenvalue weighted by molar-refractivity contribution is 0.0696. The van der Waals surface area contributed by atoms with Crippen LogP contribution in [0.4, 0.5) is 0 Å². The van der Waals surface area contributed by atoms with E-state index in [9.17, 15) is 4.79 Å². The van der Waals surface area contributed by atoms with Gasteiger partial charge in [-0.2, -0.15) is 0 Å². The molecule has 0 aliphatic heterocycles. The van der Waals surface area contributed by atoms with Gasteiger partial charge in [-0.3, -0.25) is 0 Å². The van der Waals surface area contributed by atoms with E-state index in [4.69, 9.17) is 5.11 Å². The topological polar surface area (TPSA) is 49.3 Å². The van der Waals surface area contributed by atoms with Crippen LogP contribution in [0, 0.1) is 12.8 Å². The Labute approximate surface area is 109 Å². The highest BCUT2D eigenvalue weighted by atomic mass is 16.4. The molecule has 0 aliphatic carbocycles. The highest BCUT2D eigenvalue weighted by Crippen LogP contribution is 2.10. The monoisotopic (exact) mass is 249 g/mol. The number of carbonyl (C=O) groups is 1. The van der Waals surface area contributed by atoms with Crippen LogP contribution in [-0.2, 0) is 6.54 Å². The van der Waals surface area contributed by atoms with E-state index in [-0.39, 0.29) is 0 Å². The zero-order valence-corrected chi connectivity index (χ0v) is 11.5. The summed E-state index contributed by atoms with van der Waals surface area (Å²) >= 11 is 0. The average Bonchev–Trinajstić information content (AvgIpc) is 2.27. The van der Waals surface area contributed by atoms with E-state index in [1.54, 1.807) is 12.1 Å². The second-order valence-electron chi connectivity index (χ2n) is 5.23. The van der Waals surface area contributed by atoms with E-state index in [2.05, 4.69) is 19.2 Å². The number of hydrogen-bond acceptors (Lipinski definition) is 2. The fourth-order valence-corrected chi connectivity index (χ4v) is 1.96. The Morgan fingerprint density at radius 1 is 1.33 bits per heavy atom. The average molecular weight is 249 g/mol. The Balaban J connectivity index is 2.44. The number of carboxylic acid groups (broad SMARTS) is 1. The van der Waals surface area contributed by atoms with Crippen molar-refractivity contribution < 1.29 is 9.90 Å². The molecule has 0 bridgehead atoms. The standard InChI is InChI=1S/C15H23NO2/c1-11(2)5-4-6-16-10-13-7-12(3)8-14(9-13)15(17)18/h7-9,11,16H,4-6,10H2,1-3H3,(H,17,18). The minimum Gasteiger partial charge on any atom is -0.478 e. The highest BCUT2D eigenvalue weighted by molar-refractivity contribution is 5.88. The third-order valence-corrected chi connectivity index (χ3v) is 2.85. The lowest BCUT2D eigenvalue weighted by atomic mass is 10.1. The minimum absolute atomic E-state index is 0.369. The zero-order valence-electron chi connectivity index (χ0n) is 11.5. The van der Waals surface area contributed by atoms with Gasteiger partial charge in [-0.05, 0) is 55.5 Å². The van der Waals surface area contributed by atoms with Gasteiger partial charge in [0.1, 0.15) is 0 Å². The first-order valence-corrected chi connectivity index (χ1v) is 6.53. The first-order chi connectivity index (χ1) is 8.49. The van der Waals surface area contributed by atoms with E-state index < -0.39 is 5.97 Å². The molecular formula is C15H23NO2. The molecule has 0 aliphatic rings. The quantitative estimate of drug-likeness (QED) is 0.729. The Morgan fingerprint density at radius 2 is 2.06 bits per heavy atom. The molecule has 2 N–H and O–H groups in total. The first-order valence-electron chi connectivity index (χ1n) is 6.53. The van der Waals surface area contributed by atoms with Gasteiger partial charge in [-0.25, -0.2) is 4.79 Å². The summed E-state index contributed by atoms with van der Waals surface area (Å²) in [5.41, 5.74) is 2.40. The van der Waals surface area contributed by atoms with Gasteiger partial charge in [0.05, 0.1) is 5.56 Å². The fourth-order valence-electron chi connectivity index (χ4n) is 1.96. The first kappa shape index (κ1) is 14.7. The van der Waals surface area contributed by atoms with Crippen LogP contribution in [0.2, 0.25) is 0 Å². The van der Waals surface area contributed by atoms with E-state index in [1.165, 1.54) is 6.42 Å². The van der Waals surface area contributed by atoms with Gasteiger partial charge in [-0.1, -0.05) is 19.9 Å². The van der Waals surface area contributed by atoms with Gasteiger partial charge < -0.3 is 10.4 Å². The molecule has 0 aromatic heterocycles. The predicted molar refractivity (Wildman–Crippen MR) is 73.9 cm³/mol. The Kier molecular flexibility index (Phi) is 5.86. The van der Waals surface area contributed by atoms with Gasteiger partial charge in [0, 0.05) is 6.54 Å². The maximum absolute atomic E-state index is 10.9. The maximum atomic E-state index is 10.9. The van der Waals surface area contributed by atoms with Crippen molar-refractivity contribution >= 4 is 5.97 Å². The number of nitrogens with one attached hydrogen (secondary N) is 1. The Morgan fingerprint density at radius 3 is 2.67 bits per heavy atom. The van der Waals surface area contributed by atoms with Crippen molar-refractivity contribution in [3.8, 4) is 0 Å². The number of aryl methyl sites for hydroxylation is 1. The van der Waals surface area contributed by atoms with Crippen molar-refractivity contribution in [1.82, 2.24) is 5.32 Å². The van der Waals surface area contributed by atoms with E-state index >= 15 is 0 Å². The molecular weight excluding hydrogens is 226 g/mol. The van der Waals surface area contributed by atoms with Crippen LogP contribution in [-0.4, -0.2) is 17.6 Å². The van der Waals surface area contributed by atoms with Crippen LogP contribution < -0.4 is 5.32 Å². The van der Waals surface area contributed by atoms with Crippen LogP contribution in [0.5, 0.6) is 0 Å². The van der Waals surface area contributed by atoms with Crippen LogP contribution in [0.3, 0.4) is 0 Å². The molecule has 0 saturated heterocycles. The molecule has 0 unspecified atom stereocenters. The molecule has 0 saturated carbocycles. The third kappa shape index (κ3) is 5.32. The number of hydrogen-bond donors (Lipinski definition) is 2. The van der Waals surface area contributed by atoms with Crippen LogP contribution >= 0.6 is 0 Å².